The quantitative estimate of drug-likeness (QED) is 0.901. The van der Waals surface area contributed by atoms with E-state index < -0.39 is 0 Å². The van der Waals surface area contributed by atoms with E-state index >= 15 is 0 Å². The number of amides is 2. The zero-order chi connectivity index (χ0) is 17.1. The smallest absolute Gasteiger partial charge is 0.270 e. The third-order valence-electron chi connectivity index (χ3n) is 4.50. The van der Waals surface area contributed by atoms with Crippen LogP contribution in [0.2, 0.25) is 0 Å². The summed E-state index contributed by atoms with van der Waals surface area (Å²) >= 11 is 0. The molecule has 1 unspecified atom stereocenters. The molecule has 1 atom stereocenters. The number of hydrogen-bond acceptors (Lipinski definition) is 5. The molecule has 2 aliphatic rings. The molecule has 0 bridgehead atoms. The third-order valence-corrected chi connectivity index (χ3v) is 4.50. The van der Waals surface area contributed by atoms with Crippen LogP contribution in [-0.2, 0) is 9.59 Å². The molecule has 1 aromatic carbocycles. The molecule has 7 heteroatoms. The molecule has 3 rings (SSSR count). The molecule has 128 valence electrons. The Balaban J connectivity index is 1.74. The first-order valence-corrected chi connectivity index (χ1v) is 7.99. The van der Waals surface area contributed by atoms with Crippen molar-refractivity contribution < 1.29 is 19.1 Å². The van der Waals surface area contributed by atoms with E-state index in [1.807, 2.05) is 18.2 Å². The first-order valence-electron chi connectivity index (χ1n) is 7.99. The van der Waals surface area contributed by atoms with Gasteiger partial charge in [-0.1, -0.05) is 12.1 Å². The number of methoxy groups -OCH3 is 2. The normalized spacial score (nSPS) is 20.4. The molecule has 0 spiro atoms. The van der Waals surface area contributed by atoms with Crippen LogP contribution in [0.1, 0.15) is 30.7 Å². The molecule has 1 fully saturated rings. The van der Waals surface area contributed by atoms with Crippen molar-refractivity contribution in [2.24, 2.45) is 5.10 Å². The van der Waals surface area contributed by atoms with Gasteiger partial charge in [0.1, 0.15) is 5.71 Å². The van der Waals surface area contributed by atoms with E-state index in [2.05, 4.69) is 10.5 Å². The lowest BCUT2D eigenvalue weighted by Gasteiger charge is -2.20. The van der Waals surface area contributed by atoms with Crippen LogP contribution < -0.4 is 14.9 Å². The Hall–Kier alpha value is -2.57. The number of nitrogens with zero attached hydrogens (tertiary/aromatic N) is 2. The van der Waals surface area contributed by atoms with Gasteiger partial charge in [0.15, 0.2) is 11.5 Å². The Morgan fingerprint density at radius 2 is 2.12 bits per heavy atom. The monoisotopic (exact) mass is 331 g/mol. The number of carbonyl (C=O) groups excluding carboxylic acids is 2. The summed E-state index contributed by atoms with van der Waals surface area (Å²) < 4.78 is 10.9. The zero-order valence-electron chi connectivity index (χ0n) is 13.9. The lowest BCUT2D eigenvalue weighted by atomic mass is 9.97. The van der Waals surface area contributed by atoms with E-state index in [0.717, 1.165) is 17.7 Å². The fourth-order valence-electron chi connectivity index (χ4n) is 3.24. The van der Waals surface area contributed by atoms with Crippen LogP contribution in [0.15, 0.2) is 23.3 Å². The van der Waals surface area contributed by atoms with Crippen LogP contribution in [-0.4, -0.2) is 49.7 Å². The summed E-state index contributed by atoms with van der Waals surface area (Å²) in [6.45, 7) is 1.27. The molecular weight excluding hydrogens is 310 g/mol. The van der Waals surface area contributed by atoms with Crippen LogP contribution in [0, 0.1) is 0 Å². The van der Waals surface area contributed by atoms with Crippen LogP contribution in [0.4, 0.5) is 0 Å². The molecule has 2 heterocycles. The lowest BCUT2D eigenvalue weighted by molar-refractivity contribution is -0.123. The van der Waals surface area contributed by atoms with Gasteiger partial charge in [0.25, 0.3) is 5.91 Å². The molecule has 24 heavy (non-hydrogen) atoms. The van der Waals surface area contributed by atoms with Crippen LogP contribution >= 0.6 is 0 Å². The number of hydrazone groups is 1. The number of nitrogens with one attached hydrogen (secondary N) is 1. The van der Waals surface area contributed by atoms with E-state index in [-0.39, 0.29) is 17.7 Å². The second kappa shape index (κ2) is 6.90. The Kier molecular flexibility index (Phi) is 4.69. The SMILES string of the molecule is COc1cccc(C2CCN(C(=O)C3=NNC(=O)CC3)C2)c1OC. The van der Waals surface area contributed by atoms with Gasteiger partial charge in [0.05, 0.1) is 14.2 Å². The van der Waals surface area contributed by atoms with Crippen molar-refractivity contribution in [1.29, 1.82) is 0 Å². The maximum absolute atomic E-state index is 12.5. The Morgan fingerprint density at radius 1 is 1.29 bits per heavy atom. The van der Waals surface area contributed by atoms with Gasteiger partial charge in [0.2, 0.25) is 5.91 Å². The number of rotatable bonds is 4. The van der Waals surface area contributed by atoms with E-state index in [9.17, 15) is 9.59 Å². The van der Waals surface area contributed by atoms with Crippen LogP contribution in [0.3, 0.4) is 0 Å². The molecule has 0 aromatic heterocycles. The molecule has 1 aromatic rings. The average molecular weight is 331 g/mol. The summed E-state index contributed by atoms with van der Waals surface area (Å²) in [5.41, 5.74) is 3.85. The minimum Gasteiger partial charge on any atom is -0.493 e. The first kappa shape index (κ1) is 16.3. The molecule has 2 aliphatic heterocycles. The van der Waals surface area contributed by atoms with Crippen molar-refractivity contribution in [3.63, 3.8) is 0 Å². The molecule has 1 saturated heterocycles. The Bertz CT molecular complexity index is 686. The fourth-order valence-corrected chi connectivity index (χ4v) is 3.24. The highest BCUT2D eigenvalue weighted by Gasteiger charge is 2.32. The van der Waals surface area contributed by atoms with Crippen molar-refractivity contribution in [3.05, 3.63) is 23.8 Å². The molecule has 2 amide bonds. The summed E-state index contributed by atoms with van der Waals surface area (Å²) in [5.74, 6) is 1.37. The second-order valence-electron chi connectivity index (χ2n) is 5.91. The number of hydrogen-bond donors (Lipinski definition) is 1. The topological polar surface area (TPSA) is 80.2 Å². The molecule has 0 aliphatic carbocycles. The van der Waals surface area contributed by atoms with E-state index in [1.54, 1.807) is 19.1 Å². The van der Waals surface area contributed by atoms with Crippen LogP contribution in [0.25, 0.3) is 0 Å². The number of carbonyl (C=O) groups is 2. The zero-order valence-corrected chi connectivity index (χ0v) is 13.9. The van der Waals surface area contributed by atoms with Crippen LogP contribution in [0.5, 0.6) is 11.5 Å². The van der Waals surface area contributed by atoms with E-state index in [4.69, 9.17) is 9.47 Å². The maximum atomic E-state index is 12.5. The van der Waals surface area contributed by atoms with Gasteiger partial charge in [0, 0.05) is 37.4 Å². The minimum atomic E-state index is -0.146. The summed E-state index contributed by atoms with van der Waals surface area (Å²) in [4.78, 5) is 25.5. The predicted octanol–water partition coefficient (Wildman–Crippen LogP) is 1.29. The lowest BCUT2D eigenvalue weighted by Crippen LogP contribution is -2.38. The average Bonchev–Trinajstić information content (AvgIpc) is 3.10. The number of likely N-dealkylation sites (tertiary alicyclic amines) is 1. The molecule has 1 N–H and O–H groups in total. The predicted molar refractivity (Wildman–Crippen MR) is 88.3 cm³/mol. The summed E-state index contributed by atoms with van der Waals surface area (Å²) in [6, 6.07) is 5.81. The van der Waals surface area contributed by atoms with Crippen molar-refractivity contribution in [2.75, 3.05) is 27.3 Å². The molecular formula is C17H21N3O4. The maximum Gasteiger partial charge on any atom is 0.270 e. The van der Waals surface area contributed by atoms with Crippen molar-refractivity contribution in [3.8, 4) is 11.5 Å². The summed E-state index contributed by atoms with van der Waals surface area (Å²) in [6.07, 6.45) is 1.56. The van der Waals surface area contributed by atoms with Gasteiger partial charge in [-0.3, -0.25) is 9.59 Å². The Labute approximate surface area is 140 Å². The van der Waals surface area contributed by atoms with Gasteiger partial charge >= 0.3 is 0 Å². The molecule has 0 saturated carbocycles. The van der Waals surface area contributed by atoms with E-state index in [1.165, 1.54) is 0 Å². The minimum absolute atomic E-state index is 0.0978. The van der Waals surface area contributed by atoms with Gasteiger partial charge < -0.3 is 14.4 Å². The highest BCUT2D eigenvalue weighted by Crippen LogP contribution is 2.39. The van der Waals surface area contributed by atoms with Gasteiger partial charge in [-0.25, -0.2) is 5.43 Å². The summed E-state index contributed by atoms with van der Waals surface area (Å²) in [5, 5.41) is 3.90. The third kappa shape index (κ3) is 3.06. The van der Waals surface area contributed by atoms with Crippen molar-refractivity contribution >= 4 is 17.5 Å². The number of benzene rings is 1. The Morgan fingerprint density at radius 3 is 2.79 bits per heavy atom. The van der Waals surface area contributed by atoms with Gasteiger partial charge in [-0.2, -0.15) is 5.10 Å². The highest BCUT2D eigenvalue weighted by molar-refractivity contribution is 6.39. The van der Waals surface area contributed by atoms with E-state index in [0.29, 0.717) is 37.4 Å². The summed E-state index contributed by atoms with van der Waals surface area (Å²) in [7, 11) is 3.24. The number of ether oxygens (including phenoxy) is 2. The van der Waals surface area contributed by atoms with Gasteiger partial charge in [-0.15, -0.1) is 0 Å². The molecule has 0 radical (unpaired) electrons. The highest BCUT2D eigenvalue weighted by atomic mass is 16.5. The molecule has 7 nitrogen and oxygen atoms in total. The largest absolute Gasteiger partial charge is 0.493 e. The van der Waals surface area contributed by atoms with Crippen molar-refractivity contribution in [2.45, 2.75) is 25.2 Å². The fraction of sp³-hybridized carbons (Fsp3) is 0.471. The van der Waals surface area contributed by atoms with Crippen molar-refractivity contribution in [1.82, 2.24) is 10.3 Å². The van der Waals surface area contributed by atoms with Gasteiger partial charge in [-0.05, 0) is 12.5 Å². The first-order chi connectivity index (χ1) is 11.6. The number of para-hydroxylation sites is 1. The standard InChI is InChI=1S/C17H21N3O4/c1-23-14-5-3-4-12(16(14)24-2)11-8-9-20(10-11)17(22)13-6-7-15(21)19-18-13/h3-5,11H,6-10H2,1-2H3,(H,19,21). The second-order valence-corrected chi connectivity index (χ2v) is 5.91.